The monoisotopic (exact) mass is 225 g/mol. The molecule has 88 valence electrons. The van der Waals surface area contributed by atoms with Gasteiger partial charge in [0.05, 0.1) is 6.61 Å². The molecule has 4 heteroatoms. The Morgan fingerprint density at radius 3 is 2.88 bits per heavy atom. The molecular formula is C12H16FNO2. The minimum Gasteiger partial charge on any atom is -0.466 e. The van der Waals surface area contributed by atoms with E-state index < -0.39 is 0 Å². The molecule has 1 rings (SSSR count). The largest absolute Gasteiger partial charge is 0.466 e. The summed E-state index contributed by atoms with van der Waals surface area (Å²) in [5, 5.41) is 3.08. The van der Waals surface area contributed by atoms with Crippen molar-refractivity contribution in [2.75, 3.05) is 13.2 Å². The van der Waals surface area contributed by atoms with E-state index in [0.29, 0.717) is 25.3 Å². The topological polar surface area (TPSA) is 38.3 Å². The highest BCUT2D eigenvalue weighted by atomic mass is 19.1. The summed E-state index contributed by atoms with van der Waals surface area (Å²) in [5.74, 6) is -0.468. The Labute approximate surface area is 94.6 Å². The first-order valence-electron chi connectivity index (χ1n) is 5.27. The highest BCUT2D eigenvalue weighted by molar-refractivity contribution is 5.65. The van der Waals surface area contributed by atoms with Crippen molar-refractivity contribution in [2.24, 2.45) is 0 Å². The van der Waals surface area contributed by atoms with Crippen LogP contribution in [0, 0.1) is 5.82 Å². The Balaban J connectivity index is 2.12. The first-order chi connectivity index (χ1) is 7.70. The van der Waals surface area contributed by atoms with E-state index in [1.807, 2.05) is 0 Å². The molecule has 0 saturated carbocycles. The standard InChI is InChI=1S/C12H16FNO2/c1-10(15)16-8-4-7-14-9-11-5-2-3-6-12(11)13/h2-3,5-6,14H,4,7-9H2,1H3. The van der Waals surface area contributed by atoms with Crippen LogP contribution in [0.2, 0.25) is 0 Å². The minimum absolute atomic E-state index is 0.199. The summed E-state index contributed by atoms with van der Waals surface area (Å²) in [4.78, 5) is 10.5. The second-order valence-electron chi connectivity index (χ2n) is 3.46. The van der Waals surface area contributed by atoms with Crippen molar-refractivity contribution in [3.05, 3.63) is 35.6 Å². The fourth-order valence-corrected chi connectivity index (χ4v) is 1.28. The highest BCUT2D eigenvalue weighted by Crippen LogP contribution is 2.05. The SMILES string of the molecule is CC(=O)OCCCNCc1ccccc1F. The predicted molar refractivity (Wildman–Crippen MR) is 59.4 cm³/mol. The molecule has 1 aromatic rings. The van der Waals surface area contributed by atoms with Crippen molar-refractivity contribution in [1.82, 2.24) is 5.32 Å². The molecule has 0 saturated heterocycles. The van der Waals surface area contributed by atoms with Gasteiger partial charge in [0.1, 0.15) is 5.82 Å². The van der Waals surface area contributed by atoms with E-state index >= 15 is 0 Å². The van der Waals surface area contributed by atoms with Crippen molar-refractivity contribution < 1.29 is 13.9 Å². The Morgan fingerprint density at radius 1 is 1.44 bits per heavy atom. The number of hydrogen-bond donors (Lipinski definition) is 1. The molecule has 0 atom stereocenters. The maximum Gasteiger partial charge on any atom is 0.302 e. The second kappa shape index (κ2) is 6.95. The summed E-state index contributed by atoms with van der Waals surface area (Å²) >= 11 is 0. The second-order valence-corrected chi connectivity index (χ2v) is 3.46. The fourth-order valence-electron chi connectivity index (χ4n) is 1.28. The number of carbonyl (C=O) groups is 1. The molecule has 0 unspecified atom stereocenters. The van der Waals surface area contributed by atoms with Gasteiger partial charge in [-0.2, -0.15) is 0 Å². The van der Waals surface area contributed by atoms with Crippen LogP contribution in [0.4, 0.5) is 4.39 Å². The van der Waals surface area contributed by atoms with E-state index in [0.717, 1.165) is 6.42 Å². The Morgan fingerprint density at radius 2 is 2.19 bits per heavy atom. The third-order valence-electron chi connectivity index (χ3n) is 2.08. The van der Waals surface area contributed by atoms with Gasteiger partial charge in [-0.3, -0.25) is 4.79 Å². The Hall–Kier alpha value is -1.42. The third-order valence-corrected chi connectivity index (χ3v) is 2.08. The van der Waals surface area contributed by atoms with Gasteiger partial charge in [0.15, 0.2) is 0 Å². The van der Waals surface area contributed by atoms with Gasteiger partial charge < -0.3 is 10.1 Å². The summed E-state index contributed by atoms with van der Waals surface area (Å²) in [7, 11) is 0. The van der Waals surface area contributed by atoms with Gasteiger partial charge in [0, 0.05) is 19.0 Å². The Bertz CT molecular complexity index is 342. The molecule has 0 fully saturated rings. The number of nitrogens with one attached hydrogen (secondary N) is 1. The molecule has 1 N–H and O–H groups in total. The molecule has 3 nitrogen and oxygen atoms in total. The van der Waals surface area contributed by atoms with Gasteiger partial charge in [-0.1, -0.05) is 18.2 Å². The molecule has 0 amide bonds. The van der Waals surface area contributed by atoms with Gasteiger partial charge >= 0.3 is 5.97 Å². The molecule has 0 aromatic heterocycles. The average Bonchev–Trinajstić information content (AvgIpc) is 2.25. The fraction of sp³-hybridized carbons (Fsp3) is 0.417. The average molecular weight is 225 g/mol. The number of rotatable bonds is 6. The molecule has 0 radical (unpaired) electrons. The summed E-state index contributed by atoms with van der Waals surface area (Å²) in [6.07, 6.45) is 0.730. The van der Waals surface area contributed by atoms with Crippen LogP contribution in [0.1, 0.15) is 18.9 Å². The van der Waals surface area contributed by atoms with Crippen LogP contribution < -0.4 is 5.32 Å². The van der Waals surface area contributed by atoms with E-state index in [1.54, 1.807) is 18.2 Å². The lowest BCUT2D eigenvalue weighted by atomic mass is 10.2. The number of hydrogen-bond acceptors (Lipinski definition) is 3. The molecule has 0 aliphatic carbocycles. The number of benzene rings is 1. The third kappa shape index (κ3) is 4.89. The van der Waals surface area contributed by atoms with Crippen LogP contribution in [0.3, 0.4) is 0 Å². The van der Waals surface area contributed by atoms with Gasteiger partial charge in [-0.25, -0.2) is 4.39 Å². The van der Waals surface area contributed by atoms with Crippen molar-refractivity contribution in [3.63, 3.8) is 0 Å². The van der Waals surface area contributed by atoms with Crippen LogP contribution in [-0.2, 0) is 16.1 Å². The van der Waals surface area contributed by atoms with Gasteiger partial charge in [-0.15, -0.1) is 0 Å². The van der Waals surface area contributed by atoms with E-state index in [2.05, 4.69) is 5.32 Å². The normalized spacial score (nSPS) is 10.1. The van der Waals surface area contributed by atoms with Crippen LogP contribution in [-0.4, -0.2) is 19.1 Å². The van der Waals surface area contributed by atoms with Crippen LogP contribution in [0.5, 0.6) is 0 Å². The van der Waals surface area contributed by atoms with Gasteiger partial charge in [0.2, 0.25) is 0 Å². The zero-order chi connectivity index (χ0) is 11.8. The summed E-state index contributed by atoms with van der Waals surface area (Å²) in [5.41, 5.74) is 0.648. The molecule has 0 aliphatic heterocycles. The van der Waals surface area contributed by atoms with Crippen molar-refractivity contribution in [2.45, 2.75) is 19.9 Å². The van der Waals surface area contributed by atoms with E-state index in [-0.39, 0.29) is 11.8 Å². The quantitative estimate of drug-likeness (QED) is 0.593. The van der Waals surface area contributed by atoms with Gasteiger partial charge in [-0.05, 0) is 19.0 Å². The molecule has 0 aliphatic rings. The molecule has 0 bridgehead atoms. The number of carbonyl (C=O) groups excluding carboxylic acids is 1. The smallest absolute Gasteiger partial charge is 0.302 e. The molecule has 16 heavy (non-hydrogen) atoms. The first kappa shape index (κ1) is 12.6. The molecule has 0 spiro atoms. The molecule has 0 heterocycles. The van der Waals surface area contributed by atoms with Crippen LogP contribution in [0.15, 0.2) is 24.3 Å². The highest BCUT2D eigenvalue weighted by Gasteiger charge is 1.99. The number of halogens is 1. The Kier molecular flexibility index (Phi) is 5.50. The zero-order valence-corrected chi connectivity index (χ0v) is 9.33. The van der Waals surface area contributed by atoms with E-state index in [4.69, 9.17) is 4.74 Å². The number of ether oxygens (including phenoxy) is 1. The summed E-state index contributed by atoms with van der Waals surface area (Å²) in [6.45, 7) is 2.97. The van der Waals surface area contributed by atoms with Crippen molar-refractivity contribution in [3.8, 4) is 0 Å². The summed E-state index contributed by atoms with van der Waals surface area (Å²) in [6, 6.07) is 6.66. The van der Waals surface area contributed by atoms with Crippen molar-refractivity contribution in [1.29, 1.82) is 0 Å². The van der Waals surface area contributed by atoms with Crippen molar-refractivity contribution >= 4 is 5.97 Å². The maximum atomic E-state index is 13.2. The van der Waals surface area contributed by atoms with Crippen LogP contribution >= 0.6 is 0 Å². The zero-order valence-electron chi connectivity index (χ0n) is 9.33. The minimum atomic E-state index is -0.269. The molecular weight excluding hydrogens is 209 g/mol. The van der Waals surface area contributed by atoms with E-state index in [9.17, 15) is 9.18 Å². The van der Waals surface area contributed by atoms with E-state index in [1.165, 1.54) is 13.0 Å². The lowest BCUT2D eigenvalue weighted by Gasteiger charge is -2.05. The lowest BCUT2D eigenvalue weighted by molar-refractivity contribution is -0.141. The van der Waals surface area contributed by atoms with Crippen LogP contribution in [0.25, 0.3) is 0 Å². The first-order valence-corrected chi connectivity index (χ1v) is 5.27. The summed E-state index contributed by atoms with van der Waals surface area (Å²) < 4.78 is 17.9. The molecule has 1 aromatic carbocycles. The maximum absolute atomic E-state index is 13.2. The lowest BCUT2D eigenvalue weighted by Crippen LogP contribution is -2.17. The number of esters is 1. The van der Waals surface area contributed by atoms with Gasteiger partial charge in [0.25, 0.3) is 0 Å². The predicted octanol–water partition coefficient (Wildman–Crippen LogP) is 1.87.